The first kappa shape index (κ1) is 11.7. The molecule has 0 aromatic carbocycles. The Bertz CT molecular complexity index is 424. The minimum atomic E-state index is -3.33. The molecule has 1 amide bonds. The Morgan fingerprint density at radius 1 is 1.67 bits per heavy atom. The summed E-state index contributed by atoms with van der Waals surface area (Å²) in [5.74, 6) is -0.501. The summed E-state index contributed by atoms with van der Waals surface area (Å²) in [6, 6.07) is 0. The molecule has 0 bridgehead atoms. The monoisotopic (exact) mass is 231 g/mol. The van der Waals surface area contributed by atoms with Gasteiger partial charge in [0.05, 0.1) is 6.20 Å². The summed E-state index contributed by atoms with van der Waals surface area (Å²) < 4.78 is 22.1. The summed E-state index contributed by atoms with van der Waals surface area (Å²) in [5.41, 5.74) is 0.795. The number of nitrogens with one attached hydrogen (secondary N) is 2. The van der Waals surface area contributed by atoms with Gasteiger partial charge in [-0.2, -0.15) is 5.10 Å². The highest BCUT2D eigenvalue weighted by Crippen LogP contribution is 1.99. The predicted molar refractivity (Wildman–Crippen MR) is 54.7 cm³/mol. The van der Waals surface area contributed by atoms with E-state index in [0.717, 1.165) is 11.8 Å². The van der Waals surface area contributed by atoms with Gasteiger partial charge in [0.1, 0.15) is 5.25 Å². The molecule has 1 unspecified atom stereocenters. The third kappa shape index (κ3) is 3.35. The van der Waals surface area contributed by atoms with Crippen LogP contribution < -0.4 is 5.32 Å². The molecular formula is C8H13N3O3S. The molecule has 0 fully saturated rings. The minimum absolute atomic E-state index is 0.273. The van der Waals surface area contributed by atoms with E-state index in [1.54, 1.807) is 12.4 Å². The van der Waals surface area contributed by atoms with Crippen molar-refractivity contribution in [2.24, 2.45) is 0 Å². The fourth-order valence-electron chi connectivity index (χ4n) is 0.902. The first-order valence-corrected chi connectivity index (χ1v) is 6.31. The van der Waals surface area contributed by atoms with Gasteiger partial charge in [-0.1, -0.05) is 0 Å². The molecule has 0 aliphatic rings. The maximum absolute atomic E-state index is 11.4. The lowest BCUT2D eigenvalue weighted by atomic mass is 10.3. The number of sulfone groups is 1. The van der Waals surface area contributed by atoms with Gasteiger partial charge in [-0.05, 0) is 6.92 Å². The molecule has 1 rings (SSSR count). The number of aromatic nitrogens is 2. The zero-order chi connectivity index (χ0) is 11.5. The second kappa shape index (κ2) is 4.43. The van der Waals surface area contributed by atoms with Crippen LogP contribution >= 0.6 is 0 Å². The fraction of sp³-hybridized carbons (Fsp3) is 0.500. The van der Waals surface area contributed by atoms with E-state index in [1.807, 2.05) is 0 Å². The van der Waals surface area contributed by atoms with Gasteiger partial charge >= 0.3 is 0 Å². The van der Waals surface area contributed by atoms with E-state index in [0.29, 0.717) is 0 Å². The number of rotatable bonds is 4. The molecule has 0 radical (unpaired) electrons. The second-order valence-corrected chi connectivity index (χ2v) is 5.66. The van der Waals surface area contributed by atoms with Crippen molar-refractivity contribution in [2.45, 2.75) is 18.7 Å². The molecule has 1 atom stereocenters. The van der Waals surface area contributed by atoms with Crippen molar-refractivity contribution in [1.29, 1.82) is 0 Å². The van der Waals surface area contributed by atoms with Crippen LogP contribution in [-0.2, 0) is 21.2 Å². The predicted octanol–water partition coefficient (Wildman–Crippen LogP) is -0.541. The Hall–Kier alpha value is -1.37. The van der Waals surface area contributed by atoms with Crippen LogP contribution in [0.3, 0.4) is 0 Å². The van der Waals surface area contributed by atoms with Crippen molar-refractivity contribution in [2.75, 3.05) is 6.26 Å². The lowest BCUT2D eigenvalue weighted by Gasteiger charge is -2.09. The van der Waals surface area contributed by atoms with E-state index < -0.39 is 21.0 Å². The quantitative estimate of drug-likeness (QED) is 0.728. The van der Waals surface area contributed by atoms with Crippen molar-refractivity contribution < 1.29 is 13.2 Å². The summed E-state index contributed by atoms with van der Waals surface area (Å²) >= 11 is 0. The molecule has 2 N–H and O–H groups in total. The van der Waals surface area contributed by atoms with Crippen LogP contribution in [-0.4, -0.2) is 36.0 Å². The van der Waals surface area contributed by atoms with E-state index in [4.69, 9.17) is 0 Å². The molecule has 0 aliphatic heterocycles. The van der Waals surface area contributed by atoms with E-state index in [1.165, 1.54) is 6.92 Å². The number of H-pyrrole nitrogens is 1. The van der Waals surface area contributed by atoms with Crippen LogP contribution in [0, 0.1) is 0 Å². The van der Waals surface area contributed by atoms with E-state index in [-0.39, 0.29) is 6.54 Å². The molecule has 1 heterocycles. The summed E-state index contributed by atoms with van der Waals surface area (Å²) in [4.78, 5) is 11.4. The van der Waals surface area contributed by atoms with Gasteiger partial charge in [-0.15, -0.1) is 0 Å². The van der Waals surface area contributed by atoms with Crippen molar-refractivity contribution in [3.8, 4) is 0 Å². The molecular weight excluding hydrogens is 218 g/mol. The topological polar surface area (TPSA) is 91.9 Å². The maximum Gasteiger partial charge on any atom is 0.238 e. The Morgan fingerprint density at radius 3 is 2.80 bits per heavy atom. The summed E-state index contributed by atoms with van der Waals surface area (Å²) in [7, 11) is -3.33. The van der Waals surface area contributed by atoms with Gasteiger partial charge in [-0.3, -0.25) is 9.89 Å². The Kier molecular flexibility index (Phi) is 3.46. The smallest absolute Gasteiger partial charge is 0.238 e. The zero-order valence-corrected chi connectivity index (χ0v) is 9.34. The largest absolute Gasteiger partial charge is 0.351 e. The number of hydrogen-bond acceptors (Lipinski definition) is 4. The molecule has 0 aliphatic carbocycles. The molecule has 1 aromatic heterocycles. The number of aromatic amines is 1. The highest BCUT2D eigenvalue weighted by molar-refractivity contribution is 7.92. The molecule has 0 spiro atoms. The van der Waals surface area contributed by atoms with E-state index in [2.05, 4.69) is 15.5 Å². The molecule has 0 saturated heterocycles. The SMILES string of the molecule is CC(C(=O)NCc1cn[nH]c1)S(C)(=O)=O. The Labute approximate surface area is 88.0 Å². The molecule has 6 nitrogen and oxygen atoms in total. The fourth-order valence-corrected chi connectivity index (χ4v) is 1.37. The first-order valence-electron chi connectivity index (χ1n) is 4.35. The third-order valence-electron chi connectivity index (χ3n) is 2.03. The number of nitrogens with zero attached hydrogens (tertiary/aromatic N) is 1. The normalized spacial score (nSPS) is 13.5. The van der Waals surface area contributed by atoms with Crippen LogP contribution in [0.4, 0.5) is 0 Å². The second-order valence-electron chi connectivity index (χ2n) is 3.30. The third-order valence-corrected chi connectivity index (χ3v) is 3.53. The number of amides is 1. The standard InChI is InChI=1S/C8H13N3O3S/c1-6(15(2,13)14)8(12)9-3-7-4-10-11-5-7/h4-6H,3H2,1-2H3,(H,9,12)(H,10,11). The molecule has 0 saturated carbocycles. The highest BCUT2D eigenvalue weighted by Gasteiger charge is 2.22. The summed E-state index contributed by atoms with van der Waals surface area (Å²) in [6.45, 7) is 1.63. The van der Waals surface area contributed by atoms with Crippen molar-refractivity contribution in [3.05, 3.63) is 18.0 Å². The van der Waals surface area contributed by atoms with Gasteiger partial charge in [0.15, 0.2) is 9.84 Å². The lowest BCUT2D eigenvalue weighted by molar-refractivity contribution is -0.120. The van der Waals surface area contributed by atoms with Crippen LogP contribution in [0.5, 0.6) is 0 Å². The number of carbonyl (C=O) groups excluding carboxylic acids is 1. The zero-order valence-electron chi connectivity index (χ0n) is 8.52. The van der Waals surface area contributed by atoms with Gasteiger partial charge in [0, 0.05) is 24.6 Å². The van der Waals surface area contributed by atoms with Crippen LogP contribution in [0.15, 0.2) is 12.4 Å². The van der Waals surface area contributed by atoms with Crippen molar-refractivity contribution >= 4 is 15.7 Å². The summed E-state index contributed by atoms with van der Waals surface area (Å²) in [5, 5.41) is 7.78. The van der Waals surface area contributed by atoms with Crippen LogP contribution in [0.1, 0.15) is 12.5 Å². The Balaban J connectivity index is 2.50. The average Bonchev–Trinajstić information content (AvgIpc) is 2.63. The highest BCUT2D eigenvalue weighted by atomic mass is 32.2. The van der Waals surface area contributed by atoms with Crippen LogP contribution in [0.2, 0.25) is 0 Å². The van der Waals surface area contributed by atoms with E-state index in [9.17, 15) is 13.2 Å². The van der Waals surface area contributed by atoms with Crippen molar-refractivity contribution in [1.82, 2.24) is 15.5 Å². The molecule has 15 heavy (non-hydrogen) atoms. The lowest BCUT2D eigenvalue weighted by Crippen LogP contribution is -2.36. The molecule has 7 heteroatoms. The number of hydrogen-bond donors (Lipinski definition) is 2. The maximum atomic E-state index is 11.4. The first-order chi connectivity index (χ1) is 6.91. The average molecular weight is 231 g/mol. The van der Waals surface area contributed by atoms with Gasteiger partial charge in [0.2, 0.25) is 5.91 Å². The van der Waals surface area contributed by atoms with Crippen molar-refractivity contribution in [3.63, 3.8) is 0 Å². The number of carbonyl (C=O) groups is 1. The molecule has 84 valence electrons. The minimum Gasteiger partial charge on any atom is -0.351 e. The van der Waals surface area contributed by atoms with Gasteiger partial charge in [0.25, 0.3) is 0 Å². The summed E-state index contributed by atoms with van der Waals surface area (Å²) in [6.07, 6.45) is 4.23. The van der Waals surface area contributed by atoms with Gasteiger partial charge < -0.3 is 5.32 Å². The van der Waals surface area contributed by atoms with Gasteiger partial charge in [-0.25, -0.2) is 8.42 Å². The molecule has 1 aromatic rings. The van der Waals surface area contributed by atoms with E-state index >= 15 is 0 Å². The Morgan fingerprint density at radius 2 is 2.33 bits per heavy atom. The van der Waals surface area contributed by atoms with Crippen LogP contribution in [0.25, 0.3) is 0 Å².